The Labute approximate surface area is 123 Å². The standard InChI is InChI=1S/C14H11F2N3OS/c15-13(16)19-11-6-2-1-4-9(11)18-14(19)21-8-12(20)10-5-3-7-17-10/h1-7,13,17H,8H2. The number of carbonyl (C=O) groups excluding carboxylic acids is 1. The van der Waals surface area contributed by atoms with Crippen molar-refractivity contribution in [2.45, 2.75) is 11.7 Å². The molecule has 3 aromatic rings. The van der Waals surface area contributed by atoms with E-state index in [2.05, 4.69) is 9.97 Å². The first-order valence-electron chi connectivity index (χ1n) is 6.21. The second-order valence-electron chi connectivity index (χ2n) is 4.33. The third-order valence-electron chi connectivity index (χ3n) is 2.99. The lowest BCUT2D eigenvalue weighted by Crippen LogP contribution is -2.05. The normalized spacial score (nSPS) is 11.4. The van der Waals surface area contributed by atoms with Crippen molar-refractivity contribution in [1.29, 1.82) is 0 Å². The number of rotatable bonds is 5. The minimum absolute atomic E-state index is 0.0521. The van der Waals surface area contributed by atoms with Crippen molar-refractivity contribution in [2.75, 3.05) is 5.75 Å². The molecular formula is C14H11F2N3OS. The predicted molar refractivity (Wildman–Crippen MR) is 76.8 cm³/mol. The van der Waals surface area contributed by atoms with Gasteiger partial charge in [-0.05, 0) is 24.3 Å². The molecule has 0 bridgehead atoms. The number of halogens is 2. The van der Waals surface area contributed by atoms with Crippen LogP contribution in [0.25, 0.3) is 11.0 Å². The van der Waals surface area contributed by atoms with Crippen LogP contribution in [0.5, 0.6) is 0 Å². The first-order valence-corrected chi connectivity index (χ1v) is 7.20. The second-order valence-corrected chi connectivity index (χ2v) is 5.27. The predicted octanol–water partition coefficient (Wildman–Crippen LogP) is 3.73. The lowest BCUT2D eigenvalue weighted by molar-refractivity contribution is 0.0656. The van der Waals surface area contributed by atoms with E-state index in [9.17, 15) is 13.6 Å². The summed E-state index contributed by atoms with van der Waals surface area (Å²) in [6.07, 6.45) is 1.65. The molecule has 0 aliphatic heterocycles. The van der Waals surface area contributed by atoms with Gasteiger partial charge in [0.05, 0.1) is 22.5 Å². The highest BCUT2D eigenvalue weighted by molar-refractivity contribution is 7.99. The fourth-order valence-electron chi connectivity index (χ4n) is 2.02. The fourth-order valence-corrected chi connectivity index (χ4v) is 2.92. The molecule has 0 fully saturated rings. The number of thioether (sulfide) groups is 1. The molecule has 108 valence electrons. The smallest absolute Gasteiger partial charge is 0.321 e. The van der Waals surface area contributed by atoms with Crippen molar-refractivity contribution >= 4 is 28.6 Å². The largest absolute Gasteiger partial charge is 0.359 e. The summed E-state index contributed by atoms with van der Waals surface area (Å²) in [4.78, 5) is 18.9. The molecule has 0 aliphatic rings. The van der Waals surface area contributed by atoms with Gasteiger partial charge in [0.25, 0.3) is 0 Å². The number of aromatic nitrogens is 3. The molecule has 0 saturated carbocycles. The highest BCUT2D eigenvalue weighted by Gasteiger charge is 2.19. The third-order valence-corrected chi connectivity index (χ3v) is 3.94. The second kappa shape index (κ2) is 5.69. The maximum absolute atomic E-state index is 13.2. The van der Waals surface area contributed by atoms with E-state index in [1.807, 2.05) is 0 Å². The molecule has 7 heteroatoms. The van der Waals surface area contributed by atoms with E-state index in [0.717, 1.165) is 16.3 Å². The van der Waals surface area contributed by atoms with E-state index < -0.39 is 6.55 Å². The van der Waals surface area contributed by atoms with E-state index in [1.165, 1.54) is 0 Å². The first kappa shape index (κ1) is 13.8. The molecule has 2 aromatic heterocycles. The summed E-state index contributed by atoms with van der Waals surface area (Å²) in [6, 6.07) is 10.0. The van der Waals surface area contributed by atoms with Gasteiger partial charge in [-0.15, -0.1) is 0 Å². The molecule has 2 heterocycles. The Morgan fingerprint density at radius 1 is 1.29 bits per heavy atom. The van der Waals surface area contributed by atoms with E-state index in [0.29, 0.717) is 16.7 Å². The molecule has 3 rings (SSSR count). The van der Waals surface area contributed by atoms with Crippen LogP contribution in [0.15, 0.2) is 47.8 Å². The summed E-state index contributed by atoms with van der Waals surface area (Å²) in [5.74, 6) is -0.103. The summed E-state index contributed by atoms with van der Waals surface area (Å²) in [5.41, 5.74) is 1.32. The number of nitrogens with one attached hydrogen (secondary N) is 1. The molecule has 0 saturated heterocycles. The minimum Gasteiger partial charge on any atom is -0.359 e. The van der Waals surface area contributed by atoms with E-state index >= 15 is 0 Å². The van der Waals surface area contributed by atoms with Gasteiger partial charge >= 0.3 is 6.55 Å². The number of H-pyrrole nitrogens is 1. The van der Waals surface area contributed by atoms with Gasteiger partial charge in [-0.3, -0.25) is 9.36 Å². The molecular weight excluding hydrogens is 296 g/mol. The van der Waals surface area contributed by atoms with Crippen LogP contribution in [0.2, 0.25) is 0 Å². The fraction of sp³-hybridized carbons (Fsp3) is 0.143. The summed E-state index contributed by atoms with van der Waals surface area (Å²) in [5, 5.41) is 0.145. The van der Waals surface area contributed by atoms with Crippen molar-refractivity contribution in [2.24, 2.45) is 0 Å². The van der Waals surface area contributed by atoms with Crippen LogP contribution in [-0.2, 0) is 0 Å². The minimum atomic E-state index is -2.69. The highest BCUT2D eigenvalue weighted by Crippen LogP contribution is 2.29. The molecule has 4 nitrogen and oxygen atoms in total. The average molecular weight is 307 g/mol. The van der Waals surface area contributed by atoms with Crippen LogP contribution < -0.4 is 0 Å². The van der Waals surface area contributed by atoms with E-state index in [4.69, 9.17) is 0 Å². The number of Topliss-reactive ketones (excluding diaryl/α,β-unsaturated/α-hetero) is 1. The molecule has 1 aromatic carbocycles. The van der Waals surface area contributed by atoms with Crippen molar-refractivity contribution in [1.82, 2.24) is 14.5 Å². The van der Waals surface area contributed by atoms with Crippen LogP contribution in [0, 0.1) is 0 Å². The number of aromatic amines is 1. The van der Waals surface area contributed by atoms with Gasteiger partial charge in [-0.1, -0.05) is 23.9 Å². The Balaban J connectivity index is 1.86. The number of imidazole rings is 1. The molecule has 0 radical (unpaired) electrons. The Hall–Kier alpha value is -2.15. The quantitative estimate of drug-likeness (QED) is 0.577. The number of ketones is 1. The van der Waals surface area contributed by atoms with Crippen LogP contribution >= 0.6 is 11.8 Å². The molecule has 0 amide bonds. The topological polar surface area (TPSA) is 50.7 Å². The molecule has 1 N–H and O–H groups in total. The van der Waals surface area contributed by atoms with Crippen molar-refractivity contribution in [3.8, 4) is 0 Å². The highest BCUT2D eigenvalue weighted by atomic mass is 32.2. The Kier molecular flexibility index (Phi) is 3.74. The van der Waals surface area contributed by atoms with Gasteiger partial charge in [0.1, 0.15) is 0 Å². The molecule has 0 unspecified atom stereocenters. The number of carbonyl (C=O) groups is 1. The zero-order chi connectivity index (χ0) is 14.8. The first-order chi connectivity index (χ1) is 10.2. The number of alkyl halides is 2. The van der Waals surface area contributed by atoms with Crippen molar-refractivity contribution < 1.29 is 13.6 Å². The van der Waals surface area contributed by atoms with Crippen LogP contribution in [0.4, 0.5) is 8.78 Å². The summed E-state index contributed by atoms with van der Waals surface area (Å²) in [7, 11) is 0. The van der Waals surface area contributed by atoms with Crippen molar-refractivity contribution in [3.63, 3.8) is 0 Å². The number of hydrogen-bond donors (Lipinski definition) is 1. The SMILES string of the molecule is O=C(CSc1nc2ccccc2n1C(F)F)c1ccc[nH]1. The zero-order valence-corrected chi connectivity index (χ0v) is 11.6. The van der Waals surface area contributed by atoms with E-state index in [1.54, 1.807) is 42.6 Å². The van der Waals surface area contributed by atoms with Crippen LogP contribution in [0.3, 0.4) is 0 Å². The summed E-state index contributed by atoms with van der Waals surface area (Å²) >= 11 is 1.01. The number of fused-ring (bicyclic) bond motifs is 1. The average Bonchev–Trinajstić information content (AvgIpc) is 3.11. The van der Waals surface area contributed by atoms with Crippen LogP contribution in [-0.4, -0.2) is 26.1 Å². The number of para-hydroxylation sites is 2. The molecule has 0 spiro atoms. The van der Waals surface area contributed by atoms with Gasteiger partial charge in [0, 0.05) is 6.20 Å². The Morgan fingerprint density at radius 3 is 2.81 bits per heavy atom. The van der Waals surface area contributed by atoms with Gasteiger partial charge in [0.2, 0.25) is 0 Å². The molecule has 21 heavy (non-hydrogen) atoms. The zero-order valence-electron chi connectivity index (χ0n) is 10.8. The lowest BCUT2D eigenvalue weighted by atomic mass is 10.3. The summed E-state index contributed by atoms with van der Waals surface area (Å²) < 4.78 is 27.3. The van der Waals surface area contributed by atoms with Gasteiger partial charge in [-0.2, -0.15) is 8.78 Å². The molecule has 0 aliphatic carbocycles. The lowest BCUT2D eigenvalue weighted by Gasteiger charge is -2.06. The Morgan fingerprint density at radius 2 is 2.10 bits per heavy atom. The molecule has 0 atom stereocenters. The maximum atomic E-state index is 13.2. The van der Waals surface area contributed by atoms with Gasteiger partial charge < -0.3 is 4.98 Å². The number of benzene rings is 1. The number of nitrogens with zero attached hydrogens (tertiary/aromatic N) is 2. The van der Waals surface area contributed by atoms with E-state index in [-0.39, 0.29) is 16.7 Å². The maximum Gasteiger partial charge on any atom is 0.321 e. The number of hydrogen-bond acceptors (Lipinski definition) is 3. The van der Waals surface area contributed by atoms with Crippen LogP contribution in [0.1, 0.15) is 17.0 Å². The van der Waals surface area contributed by atoms with Gasteiger partial charge in [0.15, 0.2) is 10.9 Å². The summed E-state index contributed by atoms with van der Waals surface area (Å²) in [6.45, 7) is -2.69. The Bertz CT molecular complexity index is 768. The third kappa shape index (κ3) is 2.69. The van der Waals surface area contributed by atoms with Gasteiger partial charge in [-0.25, -0.2) is 4.98 Å². The van der Waals surface area contributed by atoms with Crippen molar-refractivity contribution in [3.05, 3.63) is 48.3 Å². The monoisotopic (exact) mass is 307 g/mol.